The van der Waals surface area contributed by atoms with Gasteiger partial charge in [-0.05, 0) is 24.3 Å². The second kappa shape index (κ2) is 4.39. The Morgan fingerprint density at radius 3 is 2.63 bits per heavy atom. The zero-order valence-electron chi connectivity index (χ0n) is 10.2. The van der Waals surface area contributed by atoms with Gasteiger partial charge in [-0.1, -0.05) is 12.1 Å². The van der Waals surface area contributed by atoms with Crippen molar-refractivity contribution in [3.8, 4) is 17.0 Å². The van der Waals surface area contributed by atoms with E-state index in [4.69, 9.17) is 4.74 Å². The van der Waals surface area contributed by atoms with Crippen molar-refractivity contribution in [2.75, 3.05) is 7.11 Å². The minimum Gasteiger partial charge on any atom is -0.494 e. The number of hydrogen-bond acceptors (Lipinski definition) is 1. The molecule has 0 spiro atoms. The zero-order chi connectivity index (χ0) is 13.4. The van der Waals surface area contributed by atoms with Gasteiger partial charge < -0.3 is 9.72 Å². The number of ether oxygens (including phenoxy) is 1. The molecule has 3 aromatic rings. The molecular weight excluding hydrogens is 248 g/mol. The van der Waals surface area contributed by atoms with Gasteiger partial charge in [-0.25, -0.2) is 8.78 Å². The van der Waals surface area contributed by atoms with E-state index >= 15 is 0 Å². The quantitative estimate of drug-likeness (QED) is 0.735. The summed E-state index contributed by atoms with van der Waals surface area (Å²) in [7, 11) is 1.42. The molecule has 0 aliphatic rings. The number of aromatic amines is 1. The van der Waals surface area contributed by atoms with Gasteiger partial charge in [-0.15, -0.1) is 0 Å². The number of nitrogens with one attached hydrogen (secondary N) is 1. The first-order valence-corrected chi connectivity index (χ1v) is 5.79. The van der Waals surface area contributed by atoms with Gasteiger partial charge in [0.05, 0.1) is 7.11 Å². The summed E-state index contributed by atoms with van der Waals surface area (Å²) < 4.78 is 31.7. The molecular formula is C15H11F2NO. The number of fused-ring (bicyclic) bond motifs is 1. The van der Waals surface area contributed by atoms with Crippen LogP contribution in [0.1, 0.15) is 0 Å². The summed E-state index contributed by atoms with van der Waals surface area (Å²) in [5.41, 5.74) is 2.11. The molecule has 0 fully saturated rings. The largest absolute Gasteiger partial charge is 0.494 e. The third-order valence-corrected chi connectivity index (χ3v) is 3.03. The van der Waals surface area contributed by atoms with E-state index in [-0.39, 0.29) is 11.6 Å². The van der Waals surface area contributed by atoms with E-state index in [1.54, 1.807) is 18.2 Å². The van der Waals surface area contributed by atoms with E-state index in [1.165, 1.54) is 25.3 Å². The van der Waals surface area contributed by atoms with E-state index < -0.39 is 5.82 Å². The van der Waals surface area contributed by atoms with Crippen LogP contribution in [0.2, 0.25) is 0 Å². The van der Waals surface area contributed by atoms with Gasteiger partial charge in [0.15, 0.2) is 11.6 Å². The molecule has 1 N–H and O–H groups in total. The third kappa shape index (κ3) is 2.05. The summed E-state index contributed by atoms with van der Waals surface area (Å²) in [5.74, 6) is -0.542. The van der Waals surface area contributed by atoms with Crippen LogP contribution in [0.15, 0.2) is 42.5 Å². The van der Waals surface area contributed by atoms with Crippen LogP contribution in [0.25, 0.3) is 22.2 Å². The molecule has 0 saturated carbocycles. The normalized spacial score (nSPS) is 10.9. The van der Waals surface area contributed by atoms with Crippen LogP contribution in [0.4, 0.5) is 8.78 Å². The van der Waals surface area contributed by atoms with Crippen LogP contribution >= 0.6 is 0 Å². The molecule has 1 aromatic heterocycles. The lowest BCUT2D eigenvalue weighted by atomic mass is 10.1. The molecule has 1 heterocycles. The molecule has 0 saturated heterocycles. The molecule has 0 aliphatic heterocycles. The summed E-state index contributed by atoms with van der Waals surface area (Å²) in [6, 6.07) is 11.1. The maximum absolute atomic E-state index is 13.6. The summed E-state index contributed by atoms with van der Waals surface area (Å²) in [5, 5.41) is 0.817. The van der Waals surface area contributed by atoms with Crippen molar-refractivity contribution in [3.05, 3.63) is 54.1 Å². The molecule has 0 radical (unpaired) electrons. The summed E-state index contributed by atoms with van der Waals surface area (Å²) in [4.78, 5) is 3.07. The van der Waals surface area contributed by atoms with Crippen molar-refractivity contribution in [1.29, 1.82) is 0 Å². The molecule has 96 valence electrons. The minimum absolute atomic E-state index is 0.192. The van der Waals surface area contributed by atoms with Crippen LogP contribution in [0.3, 0.4) is 0 Å². The van der Waals surface area contributed by atoms with Gasteiger partial charge in [0.1, 0.15) is 5.82 Å². The van der Waals surface area contributed by atoms with Gasteiger partial charge in [0, 0.05) is 28.2 Å². The zero-order valence-corrected chi connectivity index (χ0v) is 10.2. The highest BCUT2D eigenvalue weighted by Crippen LogP contribution is 2.29. The Kier molecular flexibility index (Phi) is 2.71. The molecule has 3 rings (SSSR count). The molecule has 19 heavy (non-hydrogen) atoms. The lowest BCUT2D eigenvalue weighted by molar-refractivity contribution is 0.387. The van der Waals surface area contributed by atoms with E-state index in [1.807, 2.05) is 6.07 Å². The van der Waals surface area contributed by atoms with E-state index in [2.05, 4.69) is 4.98 Å². The lowest BCUT2D eigenvalue weighted by Gasteiger charge is -2.00. The number of benzene rings is 2. The molecule has 0 aliphatic carbocycles. The van der Waals surface area contributed by atoms with Crippen LogP contribution in [-0.4, -0.2) is 12.1 Å². The van der Waals surface area contributed by atoms with Gasteiger partial charge in [-0.3, -0.25) is 0 Å². The molecule has 0 atom stereocenters. The summed E-state index contributed by atoms with van der Waals surface area (Å²) in [6.45, 7) is 0. The highest BCUT2D eigenvalue weighted by Gasteiger charge is 2.09. The van der Waals surface area contributed by atoms with Crippen molar-refractivity contribution in [3.63, 3.8) is 0 Å². The fourth-order valence-corrected chi connectivity index (χ4v) is 2.10. The lowest BCUT2D eigenvalue weighted by Crippen LogP contribution is -1.86. The SMILES string of the molecule is COc1cc2cc(-c3cccc(F)c3)[nH]c2cc1F. The Morgan fingerprint density at radius 2 is 1.89 bits per heavy atom. The Labute approximate surface area is 108 Å². The Balaban J connectivity index is 2.16. The third-order valence-electron chi connectivity index (χ3n) is 3.03. The Morgan fingerprint density at radius 1 is 1.05 bits per heavy atom. The number of aromatic nitrogens is 1. The average molecular weight is 259 g/mol. The number of H-pyrrole nitrogens is 1. The first-order chi connectivity index (χ1) is 9.17. The van der Waals surface area contributed by atoms with Gasteiger partial charge in [0.2, 0.25) is 0 Å². The Bertz CT molecular complexity index is 749. The first kappa shape index (κ1) is 11.7. The molecule has 2 nitrogen and oxygen atoms in total. The molecule has 2 aromatic carbocycles. The highest BCUT2D eigenvalue weighted by atomic mass is 19.1. The summed E-state index contributed by atoms with van der Waals surface area (Å²) in [6.07, 6.45) is 0. The smallest absolute Gasteiger partial charge is 0.167 e. The molecule has 0 unspecified atom stereocenters. The van der Waals surface area contributed by atoms with E-state index in [9.17, 15) is 8.78 Å². The fraction of sp³-hybridized carbons (Fsp3) is 0.0667. The Hall–Kier alpha value is -2.36. The predicted octanol–water partition coefficient (Wildman–Crippen LogP) is 4.12. The predicted molar refractivity (Wildman–Crippen MR) is 70.2 cm³/mol. The first-order valence-electron chi connectivity index (χ1n) is 5.79. The number of halogens is 2. The molecule has 4 heteroatoms. The van der Waals surface area contributed by atoms with E-state index in [0.29, 0.717) is 5.52 Å². The van der Waals surface area contributed by atoms with Crippen LogP contribution in [0, 0.1) is 11.6 Å². The summed E-state index contributed by atoms with van der Waals surface area (Å²) >= 11 is 0. The maximum Gasteiger partial charge on any atom is 0.167 e. The fourth-order valence-electron chi connectivity index (χ4n) is 2.10. The second-order valence-corrected chi connectivity index (χ2v) is 4.27. The highest BCUT2D eigenvalue weighted by molar-refractivity contribution is 5.87. The topological polar surface area (TPSA) is 25.0 Å². The number of hydrogen-bond donors (Lipinski definition) is 1. The number of rotatable bonds is 2. The number of methoxy groups -OCH3 is 1. The van der Waals surface area contributed by atoms with Gasteiger partial charge in [0.25, 0.3) is 0 Å². The average Bonchev–Trinajstić information content (AvgIpc) is 2.80. The standard InChI is InChI=1S/C15H11F2NO/c1-19-15-7-10-6-13(18-14(10)8-12(15)17)9-3-2-4-11(16)5-9/h2-8,18H,1H3. The van der Waals surface area contributed by atoms with Crippen molar-refractivity contribution >= 4 is 10.9 Å². The van der Waals surface area contributed by atoms with Crippen LogP contribution in [-0.2, 0) is 0 Å². The van der Waals surface area contributed by atoms with Crippen molar-refractivity contribution in [2.45, 2.75) is 0 Å². The molecule has 0 bridgehead atoms. The van der Waals surface area contributed by atoms with E-state index in [0.717, 1.165) is 16.6 Å². The van der Waals surface area contributed by atoms with Gasteiger partial charge in [-0.2, -0.15) is 0 Å². The van der Waals surface area contributed by atoms with Crippen molar-refractivity contribution in [1.82, 2.24) is 4.98 Å². The minimum atomic E-state index is -0.428. The maximum atomic E-state index is 13.6. The molecule has 0 amide bonds. The van der Waals surface area contributed by atoms with Crippen LogP contribution in [0.5, 0.6) is 5.75 Å². The van der Waals surface area contributed by atoms with Crippen molar-refractivity contribution in [2.24, 2.45) is 0 Å². The second-order valence-electron chi connectivity index (χ2n) is 4.27. The van der Waals surface area contributed by atoms with Crippen molar-refractivity contribution < 1.29 is 13.5 Å². The monoisotopic (exact) mass is 259 g/mol. The van der Waals surface area contributed by atoms with Gasteiger partial charge >= 0.3 is 0 Å². The van der Waals surface area contributed by atoms with Crippen LogP contribution < -0.4 is 4.74 Å².